The largest absolute Gasteiger partial charge is 0.493 e. The van der Waals surface area contributed by atoms with E-state index in [9.17, 15) is 13.2 Å². The standard InChI is InChI=1S/C25H30N2O6S/c1-31-22-14-17(15-23(32-2)25(22)33-3)8-11-24(28)27-13-12-18-16-20(9-10-21(18)27)34(29,30)26-19-6-4-5-7-19/h8-11,14-16,19,26H,4-7,12-13H2,1-3H3/b11-8+. The van der Waals surface area contributed by atoms with E-state index in [4.69, 9.17) is 14.2 Å². The van der Waals surface area contributed by atoms with Crippen molar-refractivity contribution in [3.05, 3.63) is 47.5 Å². The highest BCUT2D eigenvalue weighted by atomic mass is 32.2. The molecule has 2 aromatic carbocycles. The second-order valence-electron chi connectivity index (χ2n) is 8.43. The van der Waals surface area contributed by atoms with E-state index in [0.717, 1.165) is 42.5 Å². The number of nitrogens with zero attached hydrogens (tertiary/aromatic N) is 1. The molecule has 34 heavy (non-hydrogen) atoms. The SMILES string of the molecule is COc1cc(/C=C/C(=O)N2CCc3cc(S(=O)(=O)NC4CCCC4)ccc32)cc(OC)c1OC. The summed E-state index contributed by atoms with van der Waals surface area (Å²) < 4.78 is 44.4. The summed E-state index contributed by atoms with van der Waals surface area (Å²) in [6, 6.07) is 8.51. The molecule has 0 atom stereocenters. The molecule has 2 aromatic rings. The van der Waals surface area contributed by atoms with Gasteiger partial charge in [-0.15, -0.1) is 0 Å². The van der Waals surface area contributed by atoms with Crippen molar-refractivity contribution in [2.45, 2.75) is 43.0 Å². The Bertz CT molecular complexity index is 1180. The van der Waals surface area contributed by atoms with Gasteiger partial charge in [0, 0.05) is 24.4 Å². The van der Waals surface area contributed by atoms with Crippen LogP contribution in [0, 0.1) is 0 Å². The summed E-state index contributed by atoms with van der Waals surface area (Å²) >= 11 is 0. The molecule has 1 aliphatic heterocycles. The number of rotatable bonds is 8. The molecule has 0 spiro atoms. The van der Waals surface area contributed by atoms with Crippen LogP contribution in [0.15, 0.2) is 41.3 Å². The number of ether oxygens (including phenoxy) is 3. The molecule has 2 aliphatic rings. The highest BCUT2D eigenvalue weighted by Crippen LogP contribution is 2.38. The number of hydrogen-bond acceptors (Lipinski definition) is 6. The molecule has 1 fully saturated rings. The van der Waals surface area contributed by atoms with Crippen LogP contribution in [0.5, 0.6) is 17.2 Å². The van der Waals surface area contributed by atoms with Crippen LogP contribution >= 0.6 is 0 Å². The van der Waals surface area contributed by atoms with Gasteiger partial charge in [-0.3, -0.25) is 4.79 Å². The number of sulfonamides is 1. The maximum atomic E-state index is 12.9. The lowest BCUT2D eigenvalue weighted by atomic mass is 10.1. The van der Waals surface area contributed by atoms with E-state index in [-0.39, 0.29) is 16.8 Å². The van der Waals surface area contributed by atoms with Crippen LogP contribution in [-0.4, -0.2) is 48.2 Å². The maximum absolute atomic E-state index is 12.9. The number of carbonyl (C=O) groups is 1. The second-order valence-corrected chi connectivity index (χ2v) is 10.1. The molecular formula is C25H30N2O6S. The normalized spacial score (nSPS) is 16.1. The fourth-order valence-corrected chi connectivity index (χ4v) is 5.92. The van der Waals surface area contributed by atoms with E-state index in [1.807, 2.05) is 0 Å². The van der Waals surface area contributed by atoms with Gasteiger partial charge in [0.1, 0.15) is 0 Å². The molecule has 1 aliphatic carbocycles. The van der Waals surface area contributed by atoms with Crippen LogP contribution < -0.4 is 23.8 Å². The highest BCUT2D eigenvalue weighted by Gasteiger charge is 2.27. The molecule has 0 saturated heterocycles. The quantitative estimate of drug-likeness (QED) is 0.574. The van der Waals surface area contributed by atoms with Gasteiger partial charge in [-0.05, 0) is 66.8 Å². The van der Waals surface area contributed by atoms with Gasteiger partial charge in [-0.25, -0.2) is 13.1 Å². The number of amides is 1. The average molecular weight is 487 g/mol. The molecule has 4 rings (SSSR count). The van der Waals surface area contributed by atoms with Crippen molar-refractivity contribution in [1.82, 2.24) is 4.72 Å². The van der Waals surface area contributed by atoms with Crippen molar-refractivity contribution in [2.24, 2.45) is 0 Å². The molecule has 0 bridgehead atoms. The number of anilines is 1. The van der Waals surface area contributed by atoms with Gasteiger partial charge in [0.05, 0.1) is 26.2 Å². The van der Waals surface area contributed by atoms with E-state index >= 15 is 0 Å². The third-order valence-electron chi connectivity index (χ3n) is 6.31. The van der Waals surface area contributed by atoms with Crippen molar-refractivity contribution in [3.63, 3.8) is 0 Å². The van der Waals surface area contributed by atoms with Gasteiger partial charge >= 0.3 is 0 Å². The lowest BCUT2D eigenvalue weighted by molar-refractivity contribution is -0.114. The lowest BCUT2D eigenvalue weighted by Gasteiger charge is -2.17. The van der Waals surface area contributed by atoms with Crippen LogP contribution in [0.3, 0.4) is 0 Å². The number of nitrogens with one attached hydrogen (secondary N) is 1. The molecular weight excluding hydrogens is 456 g/mol. The molecule has 1 heterocycles. The highest BCUT2D eigenvalue weighted by molar-refractivity contribution is 7.89. The zero-order valence-corrected chi connectivity index (χ0v) is 20.5. The number of hydrogen-bond donors (Lipinski definition) is 1. The van der Waals surface area contributed by atoms with Crippen molar-refractivity contribution in [3.8, 4) is 17.2 Å². The van der Waals surface area contributed by atoms with Crippen LogP contribution in [0.4, 0.5) is 5.69 Å². The summed E-state index contributed by atoms with van der Waals surface area (Å²) in [5.74, 6) is 1.29. The molecule has 1 N–H and O–H groups in total. The predicted molar refractivity (Wildman–Crippen MR) is 130 cm³/mol. The Morgan fingerprint density at radius 1 is 1.03 bits per heavy atom. The first-order valence-electron chi connectivity index (χ1n) is 11.3. The Hall–Kier alpha value is -3.04. The van der Waals surface area contributed by atoms with E-state index in [1.54, 1.807) is 41.3 Å². The summed E-state index contributed by atoms with van der Waals surface area (Å²) in [7, 11) is 1.04. The fraction of sp³-hybridized carbons (Fsp3) is 0.400. The van der Waals surface area contributed by atoms with Gasteiger partial charge in [-0.2, -0.15) is 0 Å². The van der Waals surface area contributed by atoms with Crippen LogP contribution in [-0.2, 0) is 21.2 Å². The zero-order valence-electron chi connectivity index (χ0n) is 19.7. The molecule has 8 nitrogen and oxygen atoms in total. The van der Waals surface area contributed by atoms with Gasteiger partial charge in [0.25, 0.3) is 5.91 Å². The Balaban J connectivity index is 1.51. The first-order chi connectivity index (χ1) is 16.4. The van der Waals surface area contributed by atoms with Crippen LogP contribution in [0.1, 0.15) is 36.8 Å². The Kier molecular flexibility index (Phi) is 7.13. The van der Waals surface area contributed by atoms with Crippen molar-refractivity contribution in [1.29, 1.82) is 0 Å². The molecule has 1 amide bonds. The summed E-state index contributed by atoms with van der Waals surface area (Å²) in [6.07, 6.45) is 7.65. The molecule has 9 heteroatoms. The van der Waals surface area contributed by atoms with Gasteiger partial charge in [-0.1, -0.05) is 12.8 Å². The Morgan fingerprint density at radius 3 is 2.32 bits per heavy atom. The van der Waals surface area contributed by atoms with Gasteiger partial charge in [0.15, 0.2) is 11.5 Å². The summed E-state index contributed by atoms with van der Waals surface area (Å²) in [4.78, 5) is 14.9. The zero-order chi connectivity index (χ0) is 24.3. The number of carbonyl (C=O) groups excluding carboxylic acids is 1. The number of benzene rings is 2. The molecule has 0 radical (unpaired) electrons. The molecule has 182 valence electrons. The smallest absolute Gasteiger partial charge is 0.251 e. The minimum absolute atomic E-state index is 0.0108. The summed E-state index contributed by atoms with van der Waals surface area (Å²) in [5.41, 5.74) is 2.31. The van der Waals surface area contributed by atoms with E-state index in [0.29, 0.717) is 30.2 Å². The van der Waals surface area contributed by atoms with Gasteiger partial charge < -0.3 is 19.1 Å². The minimum Gasteiger partial charge on any atom is -0.493 e. The third kappa shape index (κ3) is 4.90. The minimum atomic E-state index is -3.57. The monoisotopic (exact) mass is 486 g/mol. The molecule has 0 unspecified atom stereocenters. The first kappa shape index (κ1) is 24.1. The van der Waals surface area contributed by atoms with E-state index in [2.05, 4.69) is 4.72 Å². The number of fused-ring (bicyclic) bond motifs is 1. The Labute approximate surface area is 200 Å². The van der Waals surface area contributed by atoms with Crippen LogP contribution in [0.2, 0.25) is 0 Å². The third-order valence-corrected chi connectivity index (χ3v) is 7.82. The summed E-state index contributed by atoms with van der Waals surface area (Å²) in [6.45, 7) is 0.493. The predicted octanol–water partition coefficient (Wildman–Crippen LogP) is 3.54. The van der Waals surface area contributed by atoms with Crippen molar-refractivity contribution < 1.29 is 27.4 Å². The van der Waals surface area contributed by atoms with E-state index < -0.39 is 10.0 Å². The first-order valence-corrected chi connectivity index (χ1v) is 12.8. The van der Waals surface area contributed by atoms with Crippen molar-refractivity contribution in [2.75, 3.05) is 32.8 Å². The van der Waals surface area contributed by atoms with Gasteiger partial charge in [0.2, 0.25) is 15.8 Å². The fourth-order valence-electron chi connectivity index (χ4n) is 4.56. The van der Waals surface area contributed by atoms with Crippen molar-refractivity contribution >= 4 is 27.7 Å². The molecule has 1 saturated carbocycles. The lowest BCUT2D eigenvalue weighted by Crippen LogP contribution is -2.32. The average Bonchev–Trinajstić information content (AvgIpc) is 3.50. The topological polar surface area (TPSA) is 94.2 Å². The number of methoxy groups -OCH3 is 3. The van der Waals surface area contributed by atoms with E-state index in [1.165, 1.54) is 27.4 Å². The second kappa shape index (κ2) is 10.1. The molecule has 0 aromatic heterocycles. The summed E-state index contributed by atoms with van der Waals surface area (Å²) in [5, 5.41) is 0. The van der Waals surface area contributed by atoms with Crippen LogP contribution in [0.25, 0.3) is 6.08 Å². The Morgan fingerprint density at radius 2 is 1.71 bits per heavy atom. The maximum Gasteiger partial charge on any atom is 0.251 e.